The monoisotopic (exact) mass is 528 g/mol. The van der Waals surface area contributed by atoms with Crippen molar-refractivity contribution in [1.82, 2.24) is 4.98 Å². The quantitative estimate of drug-likeness (QED) is 0.212. The molecule has 0 spiro atoms. The molecule has 4 rings (SSSR count). The van der Waals surface area contributed by atoms with Crippen molar-refractivity contribution in [2.24, 2.45) is 5.73 Å². The summed E-state index contributed by atoms with van der Waals surface area (Å²) in [7, 11) is 1.51. The van der Waals surface area contributed by atoms with E-state index in [1.165, 1.54) is 13.2 Å². The van der Waals surface area contributed by atoms with Crippen LogP contribution in [0.3, 0.4) is 0 Å². The molecule has 0 unspecified atom stereocenters. The topological polar surface area (TPSA) is 96.8 Å². The molecule has 4 aromatic rings. The van der Waals surface area contributed by atoms with E-state index in [0.717, 1.165) is 11.8 Å². The zero-order valence-corrected chi connectivity index (χ0v) is 20.9. The predicted molar refractivity (Wildman–Crippen MR) is 134 cm³/mol. The number of esters is 1. The van der Waals surface area contributed by atoms with Gasteiger partial charge in [-0.3, -0.25) is 9.78 Å². The largest absolute Gasteiger partial charge is 0.489 e. The van der Waals surface area contributed by atoms with Gasteiger partial charge < -0.3 is 24.4 Å². The van der Waals surface area contributed by atoms with Crippen LogP contribution in [0.25, 0.3) is 22.1 Å². The summed E-state index contributed by atoms with van der Waals surface area (Å²) < 4.78 is 62.7. The number of carbonyl (C=O) groups excluding carboxylic acids is 1. The molecular weight excluding hydrogens is 501 g/mol. The maximum atomic E-state index is 13.7. The summed E-state index contributed by atoms with van der Waals surface area (Å²) in [5.41, 5.74) is 8.58. The number of alkyl halides is 3. The second-order valence-electron chi connectivity index (χ2n) is 8.70. The van der Waals surface area contributed by atoms with Crippen LogP contribution in [0.2, 0.25) is 0 Å². The highest BCUT2D eigenvalue weighted by molar-refractivity contribution is 5.95. The highest BCUT2D eigenvalue weighted by Gasteiger charge is 2.35. The summed E-state index contributed by atoms with van der Waals surface area (Å²) in [6, 6.07) is 11.9. The Balaban J connectivity index is 1.68. The molecule has 7 nitrogen and oxygen atoms in total. The van der Waals surface area contributed by atoms with Gasteiger partial charge in [0.05, 0.1) is 18.7 Å². The highest BCUT2D eigenvalue weighted by atomic mass is 19.4. The number of carbonyl (C=O) groups is 1. The standard InChI is InChI=1S/C28H27F3N2O5/c1-17-3-4-20(13-26(34)36-8-7-35-2)25(9-17)37-15-18-10-22(19-5-6-33-21(12-19)14-32)27-23(11-18)24(16-38-27)28(29,30)31/h3-6,9-12,16H,7-8,13-15,32H2,1-2H3. The van der Waals surface area contributed by atoms with Gasteiger partial charge in [-0.2, -0.15) is 13.2 Å². The molecule has 0 amide bonds. The minimum Gasteiger partial charge on any atom is -0.489 e. The molecular formula is C28H27F3N2O5. The lowest BCUT2D eigenvalue weighted by Crippen LogP contribution is -2.13. The van der Waals surface area contributed by atoms with Gasteiger partial charge in [0.25, 0.3) is 0 Å². The fourth-order valence-corrected chi connectivity index (χ4v) is 4.02. The number of methoxy groups -OCH3 is 1. The number of aryl methyl sites for hydroxylation is 1. The molecule has 0 fully saturated rings. The minimum absolute atomic E-state index is 0.0254. The number of benzene rings is 2. The Kier molecular flexibility index (Phi) is 8.33. The normalized spacial score (nSPS) is 11.6. The summed E-state index contributed by atoms with van der Waals surface area (Å²) >= 11 is 0. The Bertz CT molecular complexity index is 1430. The van der Waals surface area contributed by atoms with Crippen molar-refractivity contribution in [3.8, 4) is 16.9 Å². The average Bonchev–Trinajstić information content (AvgIpc) is 3.33. The average molecular weight is 529 g/mol. The van der Waals surface area contributed by atoms with E-state index in [0.29, 0.717) is 33.7 Å². The van der Waals surface area contributed by atoms with E-state index in [2.05, 4.69) is 4.98 Å². The summed E-state index contributed by atoms with van der Waals surface area (Å²) in [6.45, 7) is 2.42. The molecule has 0 saturated carbocycles. The van der Waals surface area contributed by atoms with E-state index in [-0.39, 0.29) is 43.8 Å². The lowest BCUT2D eigenvalue weighted by molar-refractivity contribution is -0.144. The van der Waals surface area contributed by atoms with Crippen LogP contribution < -0.4 is 10.5 Å². The number of rotatable bonds is 10. The van der Waals surface area contributed by atoms with Gasteiger partial charge >= 0.3 is 12.1 Å². The molecule has 38 heavy (non-hydrogen) atoms. The summed E-state index contributed by atoms with van der Waals surface area (Å²) in [6.07, 6.45) is -2.36. The molecule has 0 aliphatic carbocycles. The van der Waals surface area contributed by atoms with Gasteiger partial charge in [-0.25, -0.2) is 0 Å². The zero-order valence-electron chi connectivity index (χ0n) is 20.9. The molecule has 2 aromatic heterocycles. The van der Waals surface area contributed by atoms with Crippen LogP contribution in [0.4, 0.5) is 13.2 Å². The number of hydrogen-bond acceptors (Lipinski definition) is 7. The first kappa shape index (κ1) is 27.2. The van der Waals surface area contributed by atoms with Crippen LogP contribution in [0, 0.1) is 6.92 Å². The van der Waals surface area contributed by atoms with E-state index < -0.39 is 17.7 Å². The summed E-state index contributed by atoms with van der Waals surface area (Å²) in [4.78, 5) is 16.4. The third-order valence-electron chi connectivity index (χ3n) is 5.88. The second kappa shape index (κ2) is 11.7. The Hall–Kier alpha value is -3.89. The van der Waals surface area contributed by atoms with Gasteiger partial charge in [0, 0.05) is 36.4 Å². The molecule has 0 saturated heterocycles. The number of furan rings is 1. The number of pyridine rings is 1. The maximum absolute atomic E-state index is 13.7. The first-order valence-electron chi connectivity index (χ1n) is 11.8. The number of nitrogens with zero attached hydrogens (tertiary/aromatic N) is 1. The molecule has 200 valence electrons. The van der Waals surface area contributed by atoms with E-state index in [9.17, 15) is 18.0 Å². The summed E-state index contributed by atoms with van der Waals surface area (Å²) in [5, 5.41) is -0.0779. The Morgan fingerprint density at radius 1 is 1.11 bits per heavy atom. The number of nitrogens with two attached hydrogens (primary N) is 1. The maximum Gasteiger partial charge on any atom is 0.420 e. The molecule has 2 N–H and O–H groups in total. The van der Waals surface area contributed by atoms with Crippen molar-refractivity contribution in [1.29, 1.82) is 0 Å². The number of halogens is 3. The highest BCUT2D eigenvalue weighted by Crippen LogP contribution is 2.40. The molecule has 0 bridgehead atoms. The Labute approximate surface area is 217 Å². The van der Waals surface area contributed by atoms with Crippen LogP contribution in [0.5, 0.6) is 5.75 Å². The van der Waals surface area contributed by atoms with Gasteiger partial charge in [-0.1, -0.05) is 12.1 Å². The lowest BCUT2D eigenvalue weighted by atomic mass is 9.99. The Morgan fingerprint density at radius 3 is 2.66 bits per heavy atom. The third kappa shape index (κ3) is 6.32. The van der Waals surface area contributed by atoms with Crippen LogP contribution in [-0.2, 0) is 40.0 Å². The SMILES string of the molecule is COCCOC(=O)Cc1ccc(C)cc1OCc1cc(-c2ccnc(CN)c2)c2occ(C(F)(F)F)c2c1. The van der Waals surface area contributed by atoms with E-state index in [1.54, 1.807) is 36.5 Å². The molecule has 2 aromatic carbocycles. The van der Waals surface area contributed by atoms with Crippen molar-refractivity contribution in [2.75, 3.05) is 20.3 Å². The van der Waals surface area contributed by atoms with Crippen LogP contribution in [0.15, 0.2) is 59.3 Å². The first-order chi connectivity index (χ1) is 18.2. The van der Waals surface area contributed by atoms with Crippen LogP contribution in [-0.4, -0.2) is 31.3 Å². The third-order valence-corrected chi connectivity index (χ3v) is 5.88. The van der Waals surface area contributed by atoms with Crippen molar-refractivity contribution in [3.63, 3.8) is 0 Å². The number of aromatic nitrogens is 1. The van der Waals surface area contributed by atoms with E-state index >= 15 is 0 Å². The molecule has 0 aliphatic rings. The fourth-order valence-electron chi connectivity index (χ4n) is 4.02. The molecule has 10 heteroatoms. The van der Waals surface area contributed by atoms with Crippen molar-refractivity contribution < 1.29 is 36.6 Å². The van der Waals surface area contributed by atoms with Crippen molar-refractivity contribution >= 4 is 16.9 Å². The lowest BCUT2D eigenvalue weighted by Gasteiger charge is -2.14. The number of hydrogen-bond donors (Lipinski definition) is 1. The van der Waals surface area contributed by atoms with Gasteiger partial charge in [0.15, 0.2) is 0 Å². The van der Waals surface area contributed by atoms with Gasteiger partial charge in [-0.15, -0.1) is 0 Å². The predicted octanol–water partition coefficient (Wildman–Crippen LogP) is 5.59. The molecule has 0 atom stereocenters. The van der Waals surface area contributed by atoms with Gasteiger partial charge in [0.1, 0.15) is 36.4 Å². The van der Waals surface area contributed by atoms with E-state index in [1.807, 2.05) is 13.0 Å². The van der Waals surface area contributed by atoms with Crippen LogP contribution >= 0.6 is 0 Å². The van der Waals surface area contributed by atoms with Gasteiger partial charge in [0.2, 0.25) is 0 Å². The first-order valence-corrected chi connectivity index (χ1v) is 11.8. The minimum atomic E-state index is -4.60. The number of ether oxygens (including phenoxy) is 3. The van der Waals surface area contributed by atoms with Crippen molar-refractivity contribution in [2.45, 2.75) is 32.7 Å². The zero-order chi connectivity index (χ0) is 27.3. The Morgan fingerprint density at radius 2 is 1.92 bits per heavy atom. The second-order valence-corrected chi connectivity index (χ2v) is 8.70. The van der Waals surface area contributed by atoms with E-state index in [4.69, 9.17) is 24.4 Å². The van der Waals surface area contributed by atoms with Crippen LogP contribution in [0.1, 0.15) is 27.9 Å². The molecule has 2 heterocycles. The number of fused-ring (bicyclic) bond motifs is 1. The smallest absolute Gasteiger partial charge is 0.420 e. The van der Waals surface area contributed by atoms with Crippen molar-refractivity contribution in [3.05, 3.63) is 82.9 Å². The fraction of sp³-hybridized carbons (Fsp3) is 0.286. The molecule has 0 radical (unpaired) electrons. The summed E-state index contributed by atoms with van der Waals surface area (Å²) in [5.74, 6) is -0.00558. The molecule has 0 aliphatic heterocycles. The van der Waals surface area contributed by atoms with Gasteiger partial charge in [-0.05, 0) is 53.9 Å².